The molecule has 2 aromatic carbocycles. The van der Waals surface area contributed by atoms with E-state index in [1.807, 2.05) is 36.4 Å². The minimum atomic E-state index is -4.18. The van der Waals surface area contributed by atoms with Crippen molar-refractivity contribution in [2.75, 3.05) is 25.6 Å². The molecular weight excluding hydrogens is 561 g/mol. The fourth-order valence-corrected chi connectivity index (χ4v) is 12.2. The molecule has 222 valence electrons. The summed E-state index contributed by atoms with van der Waals surface area (Å²) in [4.78, 5) is 16.5. The van der Waals surface area contributed by atoms with Gasteiger partial charge in [0.1, 0.15) is 18.1 Å². The average molecular weight is 602 g/mol. The van der Waals surface area contributed by atoms with Gasteiger partial charge in [0.25, 0.3) is 8.32 Å². The van der Waals surface area contributed by atoms with Crippen LogP contribution in [0.5, 0.6) is 0 Å². The molecule has 0 aliphatic carbocycles. The molecule has 1 aliphatic rings. The van der Waals surface area contributed by atoms with E-state index >= 15 is 0 Å². The third-order valence-corrected chi connectivity index (χ3v) is 15.0. The fraction of sp³-hybridized carbons (Fsp3) is 0.448. The lowest BCUT2D eigenvalue weighted by atomic mass is 10.2. The summed E-state index contributed by atoms with van der Waals surface area (Å²) in [5, 5.41) is 11.8. The Morgan fingerprint density at radius 3 is 2.05 bits per heavy atom. The van der Waals surface area contributed by atoms with Gasteiger partial charge in [-0.3, -0.25) is 9.13 Å². The van der Waals surface area contributed by atoms with Crippen molar-refractivity contribution in [1.29, 1.82) is 0 Å². The second kappa shape index (κ2) is 12.3. The van der Waals surface area contributed by atoms with Gasteiger partial charge in [-0.15, -0.1) is 0 Å². The number of nitrogens with two attached hydrogens (primary N) is 1. The van der Waals surface area contributed by atoms with Crippen LogP contribution in [0.2, 0.25) is 5.04 Å². The molecule has 2 heterocycles. The van der Waals surface area contributed by atoms with Crippen molar-refractivity contribution in [3.63, 3.8) is 0 Å². The van der Waals surface area contributed by atoms with E-state index in [2.05, 4.69) is 50.0 Å². The van der Waals surface area contributed by atoms with Crippen molar-refractivity contribution in [2.24, 2.45) is 0 Å². The predicted molar refractivity (Wildman–Crippen MR) is 161 cm³/mol. The Morgan fingerprint density at radius 1 is 1.05 bits per heavy atom. The Morgan fingerprint density at radius 2 is 1.59 bits per heavy atom. The van der Waals surface area contributed by atoms with Gasteiger partial charge in [0, 0.05) is 12.6 Å². The highest BCUT2D eigenvalue weighted by molar-refractivity contribution is 7.55. The maximum atomic E-state index is 14.2. The van der Waals surface area contributed by atoms with Gasteiger partial charge in [-0.05, 0) is 35.3 Å². The van der Waals surface area contributed by atoms with Crippen LogP contribution in [0, 0.1) is 0 Å². The van der Waals surface area contributed by atoms with E-state index in [9.17, 15) is 14.5 Å². The van der Waals surface area contributed by atoms with Gasteiger partial charge in [-0.2, -0.15) is 4.98 Å². The van der Waals surface area contributed by atoms with Gasteiger partial charge in [0.15, 0.2) is 5.34 Å². The molecule has 0 radical (unpaired) electrons. The van der Waals surface area contributed by atoms with Crippen LogP contribution in [-0.4, -0.2) is 54.2 Å². The van der Waals surface area contributed by atoms with E-state index in [0.29, 0.717) is 0 Å². The summed E-state index contributed by atoms with van der Waals surface area (Å²) in [7, 11) is -7.23. The number of hydrogen-bond donors (Lipinski definition) is 2. The monoisotopic (exact) mass is 601 g/mol. The molecule has 10 nitrogen and oxygen atoms in total. The zero-order valence-electron chi connectivity index (χ0n) is 24.2. The number of ether oxygens (including phenoxy) is 1. The lowest BCUT2D eigenvalue weighted by Gasteiger charge is -2.44. The van der Waals surface area contributed by atoms with E-state index in [1.165, 1.54) is 16.8 Å². The molecule has 1 aromatic heterocycles. The van der Waals surface area contributed by atoms with Crippen LogP contribution in [0.1, 0.15) is 47.3 Å². The standard InChI is InChI=1S/C29H40N3O7PSi/c1-6-36-40(35,37-7-2)29(34)20-26(32-19-18-25(30)31-27(32)33)39-24(29)21-38-41(28(3,4)5,22-14-10-8-11-15-22)23-16-12-9-13-17-23/h8-19,24,26,34H,6-7,20-21H2,1-5H3,(H2,30,31,33)/t24-,26-,29+/m1/s1. The van der Waals surface area contributed by atoms with Crippen molar-refractivity contribution >= 4 is 32.1 Å². The number of anilines is 1. The van der Waals surface area contributed by atoms with Gasteiger partial charge in [0.05, 0.1) is 19.8 Å². The number of nitrogen functional groups attached to an aromatic ring is 1. The second-order valence-corrected chi connectivity index (χ2v) is 17.6. The van der Waals surface area contributed by atoms with E-state index in [-0.39, 0.29) is 37.1 Å². The molecule has 12 heteroatoms. The van der Waals surface area contributed by atoms with Crippen LogP contribution in [0.3, 0.4) is 0 Å². The Balaban J connectivity index is 1.82. The summed E-state index contributed by atoms with van der Waals surface area (Å²) < 4.78 is 40.0. The Hall–Kier alpha value is -2.63. The van der Waals surface area contributed by atoms with Crippen LogP contribution in [0.4, 0.5) is 5.82 Å². The number of benzene rings is 2. The third-order valence-electron chi connectivity index (χ3n) is 7.41. The molecule has 0 amide bonds. The lowest BCUT2D eigenvalue weighted by molar-refractivity contribution is -0.0608. The van der Waals surface area contributed by atoms with Crippen LogP contribution >= 0.6 is 7.60 Å². The lowest BCUT2D eigenvalue weighted by Crippen LogP contribution is -2.67. The Kier molecular flexibility index (Phi) is 9.40. The predicted octanol–water partition coefficient (Wildman–Crippen LogP) is 3.64. The summed E-state index contributed by atoms with van der Waals surface area (Å²) in [5.41, 5.74) is 5.03. The van der Waals surface area contributed by atoms with E-state index in [0.717, 1.165) is 10.4 Å². The molecule has 0 spiro atoms. The second-order valence-electron chi connectivity index (χ2n) is 11.0. The van der Waals surface area contributed by atoms with E-state index < -0.39 is 39.3 Å². The van der Waals surface area contributed by atoms with Crippen molar-refractivity contribution in [1.82, 2.24) is 9.55 Å². The first kappa shape index (κ1) is 31.3. The van der Waals surface area contributed by atoms with Crippen molar-refractivity contribution in [2.45, 2.75) is 63.8 Å². The summed E-state index contributed by atoms with van der Waals surface area (Å²) in [6, 6.07) is 21.5. The van der Waals surface area contributed by atoms with Gasteiger partial charge >= 0.3 is 13.3 Å². The van der Waals surface area contributed by atoms with Gasteiger partial charge in [-0.1, -0.05) is 81.4 Å². The average Bonchev–Trinajstić information content (AvgIpc) is 3.27. The SMILES string of the molecule is CCOP(=O)(OCC)[C@@]1(O)C[C@H](n2ccc(N)nc2=O)O[C@@H]1CO[Si](c1ccccc1)(c1ccccc1)C(C)(C)C. The highest BCUT2D eigenvalue weighted by atomic mass is 31.2. The quantitative estimate of drug-likeness (QED) is 0.249. The Bertz CT molecular complexity index is 1370. The zero-order valence-corrected chi connectivity index (χ0v) is 26.1. The van der Waals surface area contributed by atoms with Crippen molar-refractivity contribution < 1.29 is 27.9 Å². The number of hydrogen-bond acceptors (Lipinski definition) is 9. The van der Waals surface area contributed by atoms with Gasteiger partial charge in [0.2, 0.25) is 0 Å². The molecule has 1 fully saturated rings. The van der Waals surface area contributed by atoms with E-state index in [4.69, 9.17) is 23.9 Å². The molecule has 1 aliphatic heterocycles. The third kappa shape index (κ3) is 5.85. The molecule has 0 unspecified atom stereocenters. The number of aliphatic hydroxyl groups is 1. The molecule has 3 atom stereocenters. The summed E-state index contributed by atoms with van der Waals surface area (Å²) >= 11 is 0. The van der Waals surface area contributed by atoms with Crippen LogP contribution in [0.25, 0.3) is 0 Å². The Labute approximate surface area is 242 Å². The maximum absolute atomic E-state index is 14.2. The van der Waals surface area contributed by atoms with E-state index in [1.54, 1.807) is 13.8 Å². The molecule has 0 saturated carbocycles. The minimum Gasteiger partial charge on any atom is -0.405 e. The molecule has 1 saturated heterocycles. The molecule has 4 rings (SSSR count). The fourth-order valence-electron chi connectivity index (χ4n) is 5.57. The minimum absolute atomic E-state index is 0.0376. The maximum Gasteiger partial charge on any atom is 0.364 e. The van der Waals surface area contributed by atoms with Gasteiger partial charge < -0.3 is 29.1 Å². The molecule has 3 aromatic rings. The molecule has 0 bridgehead atoms. The largest absolute Gasteiger partial charge is 0.405 e. The first-order chi connectivity index (χ1) is 19.4. The smallest absolute Gasteiger partial charge is 0.364 e. The highest BCUT2D eigenvalue weighted by Crippen LogP contribution is 2.65. The first-order valence-corrected chi connectivity index (χ1v) is 17.2. The normalized spacial score (nSPS) is 21.7. The number of aromatic nitrogens is 2. The molecule has 3 N–H and O–H groups in total. The molecule has 41 heavy (non-hydrogen) atoms. The van der Waals surface area contributed by atoms with Crippen LogP contribution < -0.4 is 21.8 Å². The van der Waals surface area contributed by atoms with Crippen molar-refractivity contribution in [3.8, 4) is 0 Å². The topological polar surface area (TPSA) is 135 Å². The molecular formula is C29H40N3O7PSi. The van der Waals surface area contributed by atoms with Crippen LogP contribution in [0.15, 0.2) is 77.7 Å². The summed E-state index contributed by atoms with van der Waals surface area (Å²) in [5.74, 6) is 0.0559. The van der Waals surface area contributed by atoms with Crippen molar-refractivity contribution in [3.05, 3.63) is 83.4 Å². The first-order valence-electron chi connectivity index (χ1n) is 13.8. The summed E-state index contributed by atoms with van der Waals surface area (Å²) in [6.45, 7) is 9.68. The number of rotatable bonds is 11. The van der Waals surface area contributed by atoms with Crippen LogP contribution in [-0.2, 0) is 22.8 Å². The summed E-state index contributed by atoms with van der Waals surface area (Å²) in [6.07, 6.45) is -0.983. The zero-order chi connectivity index (χ0) is 29.9. The number of nitrogens with zero attached hydrogens (tertiary/aromatic N) is 2. The highest BCUT2D eigenvalue weighted by Gasteiger charge is 2.63. The van der Waals surface area contributed by atoms with Gasteiger partial charge in [-0.25, -0.2) is 4.79 Å².